The van der Waals surface area contributed by atoms with Crippen LogP contribution in [0.1, 0.15) is 45.1 Å². The third kappa shape index (κ3) is 4.33. The first-order valence-corrected chi connectivity index (χ1v) is 8.10. The van der Waals surface area contributed by atoms with E-state index in [0.29, 0.717) is 17.4 Å². The smallest absolute Gasteiger partial charge is 0.244 e. The molecule has 0 saturated heterocycles. The molecule has 0 aliphatic heterocycles. The monoisotopic (exact) mass is 288 g/mol. The minimum atomic E-state index is -3.53. The quantitative estimate of drug-likeness (QED) is 0.805. The van der Waals surface area contributed by atoms with Crippen molar-refractivity contribution in [2.75, 3.05) is 0 Å². The normalized spacial score (nSPS) is 15.4. The second-order valence-electron chi connectivity index (χ2n) is 5.11. The van der Waals surface area contributed by atoms with Gasteiger partial charge in [-0.2, -0.15) is 0 Å². The molecule has 6 heteroatoms. The second-order valence-corrected chi connectivity index (χ2v) is 6.79. The summed E-state index contributed by atoms with van der Waals surface area (Å²) in [5, 5.41) is 0. The molecule has 0 amide bonds. The first-order chi connectivity index (χ1) is 8.80. The molecule has 1 aromatic rings. The van der Waals surface area contributed by atoms with Crippen LogP contribution in [-0.2, 0) is 16.6 Å². The van der Waals surface area contributed by atoms with Crippen molar-refractivity contribution in [3.63, 3.8) is 0 Å². The van der Waals surface area contributed by atoms with E-state index in [0.717, 1.165) is 12.8 Å². The van der Waals surface area contributed by atoms with E-state index in [1.165, 1.54) is 6.07 Å². The molecule has 2 atom stereocenters. The van der Waals surface area contributed by atoms with Crippen molar-refractivity contribution in [1.29, 1.82) is 0 Å². The fourth-order valence-electron chi connectivity index (χ4n) is 2.04. The Bertz CT molecular complexity index is 508. The van der Waals surface area contributed by atoms with Gasteiger partial charge in [0.25, 0.3) is 0 Å². The number of aryl methyl sites for hydroxylation is 1. The molecule has 5 nitrogen and oxygen atoms in total. The topological polar surface area (TPSA) is 85.3 Å². The number of rotatable bonds is 7. The van der Waals surface area contributed by atoms with Gasteiger partial charge >= 0.3 is 0 Å². The van der Waals surface area contributed by atoms with Gasteiger partial charge in [0.05, 0.1) is 6.54 Å². The summed E-state index contributed by atoms with van der Waals surface area (Å²) in [5.41, 5.74) is 5.45. The zero-order chi connectivity index (χ0) is 14.6. The summed E-state index contributed by atoms with van der Waals surface area (Å²) >= 11 is 0. The molecule has 19 heavy (non-hydrogen) atoms. The van der Waals surface area contributed by atoms with Gasteiger partial charge in [0.1, 0.15) is 16.4 Å². The molecule has 1 heterocycles. The average Bonchev–Trinajstić information content (AvgIpc) is 2.70. The largest absolute Gasteiger partial charge is 0.464 e. The number of nitrogens with one attached hydrogen (secondary N) is 1. The van der Waals surface area contributed by atoms with Crippen LogP contribution in [0.2, 0.25) is 0 Å². The third-order valence-corrected chi connectivity index (χ3v) is 4.92. The number of furan rings is 1. The summed E-state index contributed by atoms with van der Waals surface area (Å²) in [6.45, 7) is 7.91. The van der Waals surface area contributed by atoms with E-state index >= 15 is 0 Å². The van der Waals surface area contributed by atoms with Crippen LogP contribution in [-0.4, -0.2) is 14.5 Å². The first-order valence-electron chi connectivity index (χ1n) is 6.61. The Labute approximate surface area is 115 Å². The molecule has 0 radical (unpaired) electrons. The minimum Gasteiger partial charge on any atom is -0.464 e. The lowest BCUT2D eigenvalue weighted by Gasteiger charge is -2.17. The molecular formula is C13H24N2O3S. The molecule has 0 aromatic carbocycles. The van der Waals surface area contributed by atoms with Gasteiger partial charge in [0, 0.05) is 12.1 Å². The molecule has 2 unspecified atom stereocenters. The van der Waals surface area contributed by atoms with E-state index in [1.807, 2.05) is 6.92 Å². The van der Waals surface area contributed by atoms with Crippen LogP contribution in [0.25, 0.3) is 0 Å². The second kappa shape index (κ2) is 6.54. The zero-order valence-corrected chi connectivity index (χ0v) is 12.9. The first kappa shape index (κ1) is 16.2. The van der Waals surface area contributed by atoms with Gasteiger partial charge in [0.15, 0.2) is 0 Å². The van der Waals surface area contributed by atoms with Crippen LogP contribution in [0.15, 0.2) is 15.4 Å². The van der Waals surface area contributed by atoms with E-state index in [1.54, 1.807) is 6.92 Å². The van der Waals surface area contributed by atoms with Crippen LogP contribution in [0.3, 0.4) is 0 Å². The van der Waals surface area contributed by atoms with Crippen LogP contribution >= 0.6 is 0 Å². The summed E-state index contributed by atoms with van der Waals surface area (Å²) in [5.74, 6) is 1.35. The highest BCUT2D eigenvalue weighted by molar-refractivity contribution is 7.89. The number of hydrogen-bond acceptors (Lipinski definition) is 4. The van der Waals surface area contributed by atoms with Crippen LogP contribution < -0.4 is 10.5 Å². The predicted octanol–water partition coefficient (Wildman–Crippen LogP) is 2.15. The van der Waals surface area contributed by atoms with E-state index in [-0.39, 0.29) is 17.5 Å². The van der Waals surface area contributed by atoms with Crippen molar-refractivity contribution in [3.05, 3.63) is 17.6 Å². The van der Waals surface area contributed by atoms with Gasteiger partial charge in [-0.25, -0.2) is 13.1 Å². The minimum absolute atomic E-state index is 0.101. The maximum atomic E-state index is 12.3. The fourth-order valence-corrected chi connectivity index (χ4v) is 3.50. The van der Waals surface area contributed by atoms with Crippen molar-refractivity contribution in [1.82, 2.24) is 4.72 Å². The van der Waals surface area contributed by atoms with E-state index < -0.39 is 10.0 Å². The Morgan fingerprint density at radius 2 is 2.05 bits per heavy atom. The Morgan fingerprint density at radius 1 is 1.42 bits per heavy atom. The summed E-state index contributed by atoms with van der Waals surface area (Å²) < 4.78 is 32.5. The fraction of sp³-hybridized carbons (Fsp3) is 0.692. The maximum Gasteiger partial charge on any atom is 0.244 e. The van der Waals surface area contributed by atoms with Crippen molar-refractivity contribution >= 4 is 10.0 Å². The van der Waals surface area contributed by atoms with Crippen molar-refractivity contribution in [3.8, 4) is 0 Å². The number of nitrogens with two attached hydrogens (primary N) is 1. The Morgan fingerprint density at radius 3 is 2.53 bits per heavy atom. The molecule has 1 rings (SSSR count). The van der Waals surface area contributed by atoms with Gasteiger partial charge in [-0.3, -0.25) is 0 Å². The number of sulfonamides is 1. The van der Waals surface area contributed by atoms with Gasteiger partial charge in [0.2, 0.25) is 10.0 Å². The van der Waals surface area contributed by atoms with Gasteiger partial charge in [-0.05, 0) is 26.2 Å². The highest BCUT2D eigenvalue weighted by Crippen LogP contribution is 2.20. The lowest BCUT2D eigenvalue weighted by Crippen LogP contribution is -2.33. The maximum absolute atomic E-state index is 12.3. The molecule has 110 valence electrons. The summed E-state index contributed by atoms with van der Waals surface area (Å²) in [7, 11) is -3.53. The van der Waals surface area contributed by atoms with Crippen LogP contribution in [0, 0.1) is 12.8 Å². The van der Waals surface area contributed by atoms with Crippen molar-refractivity contribution in [2.45, 2.75) is 58.0 Å². The third-order valence-electron chi connectivity index (χ3n) is 3.22. The Hall–Kier alpha value is -0.850. The number of hydrogen-bond donors (Lipinski definition) is 2. The van der Waals surface area contributed by atoms with Gasteiger partial charge < -0.3 is 10.2 Å². The van der Waals surface area contributed by atoms with E-state index in [4.69, 9.17) is 10.2 Å². The van der Waals surface area contributed by atoms with Gasteiger partial charge in [-0.1, -0.05) is 20.3 Å². The summed E-state index contributed by atoms with van der Waals surface area (Å²) in [6.07, 6.45) is 1.85. The Balaban J connectivity index is 2.83. The lowest BCUT2D eigenvalue weighted by atomic mass is 10.0. The molecule has 0 saturated carbocycles. The SMILES string of the molecule is CCC(C)CC(C)NS(=O)(=O)c1cc(CN)oc1C. The van der Waals surface area contributed by atoms with E-state index in [2.05, 4.69) is 18.6 Å². The van der Waals surface area contributed by atoms with Crippen LogP contribution in [0.4, 0.5) is 0 Å². The molecule has 0 fully saturated rings. The van der Waals surface area contributed by atoms with Gasteiger partial charge in [-0.15, -0.1) is 0 Å². The highest BCUT2D eigenvalue weighted by Gasteiger charge is 2.23. The summed E-state index contributed by atoms with van der Waals surface area (Å²) in [4.78, 5) is 0.184. The molecule has 3 N–H and O–H groups in total. The molecule has 0 bridgehead atoms. The lowest BCUT2D eigenvalue weighted by molar-refractivity contribution is 0.444. The molecule has 0 aliphatic carbocycles. The van der Waals surface area contributed by atoms with Crippen molar-refractivity contribution in [2.24, 2.45) is 11.7 Å². The van der Waals surface area contributed by atoms with Crippen molar-refractivity contribution < 1.29 is 12.8 Å². The zero-order valence-electron chi connectivity index (χ0n) is 12.1. The predicted molar refractivity (Wildman–Crippen MR) is 75.2 cm³/mol. The summed E-state index contributed by atoms with van der Waals surface area (Å²) in [6, 6.07) is 1.39. The highest BCUT2D eigenvalue weighted by atomic mass is 32.2. The molecule has 0 spiro atoms. The Kier molecular flexibility index (Phi) is 5.58. The molecule has 0 aliphatic rings. The van der Waals surface area contributed by atoms with Crippen LogP contribution in [0.5, 0.6) is 0 Å². The average molecular weight is 288 g/mol. The molecule has 1 aromatic heterocycles. The standard InChI is InChI=1S/C13H24N2O3S/c1-5-9(2)6-10(3)15-19(16,17)13-7-12(8-14)18-11(13)4/h7,9-10,15H,5-6,8,14H2,1-4H3. The van der Waals surface area contributed by atoms with E-state index in [9.17, 15) is 8.42 Å². The molecular weight excluding hydrogens is 264 g/mol.